The minimum atomic E-state index is -4.05. The summed E-state index contributed by atoms with van der Waals surface area (Å²) in [7, 11) is -2.47. The lowest BCUT2D eigenvalue weighted by Gasteiger charge is -2.32. The minimum Gasteiger partial charge on any atom is -0.390 e. The molecular weight excluding hydrogens is 398 g/mol. The van der Waals surface area contributed by atoms with Gasteiger partial charge < -0.3 is 25.0 Å². The van der Waals surface area contributed by atoms with Crippen molar-refractivity contribution in [1.82, 2.24) is 10.2 Å². The summed E-state index contributed by atoms with van der Waals surface area (Å²) < 4.78 is 36.3. The van der Waals surface area contributed by atoms with Gasteiger partial charge in [0, 0.05) is 19.9 Å². The van der Waals surface area contributed by atoms with E-state index in [4.69, 9.17) is 15.0 Å². The molecule has 2 rings (SSSR count). The average Bonchev–Trinajstić information content (AvgIpc) is 2.97. The molecule has 0 aromatic rings. The second-order valence-electron chi connectivity index (χ2n) is 6.67. The predicted molar refractivity (Wildman–Crippen MR) is 96.5 cm³/mol. The van der Waals surface area contributed by atoms with E-state index in [-0.39, 0.29) is 13.0 Å². The monoisotopic (exact) mass is 424 g/mol. The van der Waals surface area contributed by atoms with E-state index in [0.717, 1.165) is 4.90 Å². The summed E-state index contributed by atoms with van der Waals surface area (Å²) in [6, 6.07) is -0.838. The molecule has 160 valence electrons. The molecule has 0 radical (unpaired) electrons. The number of hydrogen-bond acceptors (Lipinski definition) is 7. The number of hydrogen-bond donors (Lipinski definition) is 4. The second kappa shape index (κ2) is 9.75. The van der Waals surface area contributed by atoms with Crippen molar-refractivity contribution in [3.05, 3.63) is 0 Å². The first-order valence-corrected chi connectivity index (χ1v) is 10.7. The van der Waals surface area contributed by atoms with Gasteiger partial charge in [-0.2, -0.15) is 0 Å². The zero-order chi connectivity index (χ0) is 20.9. The third-order valence-electron chi connectivity index (χ3n) is 4.50. The van der Waals surface area contributed by atoms with E-state index in [2.05, 4.69) is 4.99 Å². The molecule has 2 aliphatic rings. The molecule has 13 heteroatoms. The van der Waals surface area contributed by atoms with Crippen molar-refractivity contribution in [3.63, 3.8) is 0 Å². The lowest BCUT2D eigenvalue weighted by molar-refractivity contribution is -0.129. The maximum absolute atomic E-state index is 13.6. The maximum Gasteiger partial charge on any atom is 0.330 e. The second-order valence-corrected chi connectivity index (χ2v) is 8.57. The summed E-state index contributed by atoms with van der Waals surface area (Å²) in [5.41, 5.74) is 5.55. The molecule has 2 fully saturated rings. The Morgan fingerprint density at radius 1 is 1.50 bits per heavy atom. The molecule has 0 aromatic carbocycles. The zero-order valence-electron chi connectivity index (χ0n) is 15.5. The van der Waals surface area contributed by atoms with Crippen LogP contribution in [0.4, 0.5) is 9.18 Å². The van der Waals surface area contributed by atoms with Crippen LogP contribution >= 0.6 is 7.60 Å². The van der Waals surface area contributed by atoms with Crippen molar-refractivity contribution >= 4 is 25.4 Å². The summed E-state index contributed by atoms with van der Waals surface area (Å²) >= 11 is 0. The Bertz CT molecular complexity index is 664. The van der Waals surface area contributed by atoms with E-state index >= 15 is 0 Å². The largest absolute Gasteiger partial charge is 0.390 e. The van der Waals surface area contributed by atoms with Crippen molar-refractivity contribution in [2.45, 2.75) is 50.3 Å². The first-order valence-electron chi connectivity index (χ1n) is 8.89. The number of amides is 3. The van der Waals surface area contributed by atoms with Gasteiger partial charge in [0.2, 0.25) is 0 Å². The number of imide groups is 1. The molecule has 3 amide bonds. The van der Waals surface area contributed by atoms with Crippen molar-refractivity contribution in [3.8, 4) is 0 Å². The van der Waals surface area contributed by atoms with Crippen LogP contribution < -0.4 is 11.1 Å². The fourth-order valence-electron chi connectivity index (χ4n) is 2.92. The lowest BCUT2D eigenvalue weighted by atomic mass is 10.2. The zero-order valence-corrected chi connectivity index (χ0v) is 16.4. The average molecular weight is 424 g/mol. The van der Waals surface area contributed by atoms with Gasteiger partial charge in [0.1, 0.15) is 6.23 Å². The number of rotatable bonds is 9. The van der Waals surface area contributed by atoms with Gasteiger partial charge >= 0.3 is 13.6 Å². The summed E-state index contributed by atoms with van der Waals surface area (Å²) in [5.74, 6) is -0.545. The molecule has 2 heterocycles. The number of halogens is 1. The quantitative estimate of drug-likeness (QED) is 0.170. The van der Waals surface area contributed by atoms with Crippen LogP contribution in [0, 0.1) is 0 Å². The number of carbonyl (C=O) groups excluding carboxylic acids is 2. The number of urea groups is 1. The van der Waals surface area contributed by atoms with E-state index in [0.29, 0.717) is 25.1 Å². The Kier molecular flexibility index (Phi) is 7.90. The van der Waals surface area contributed by atoms with Crippen LogP contribution in [0.25, 0.3) is 0 Å². The molecule has 28 heavy (non-hydrogen) atoms. The molecule has 0 aromatic heterocycles. The Hall–Kier alpha value is -1.59. The highest BCUT2D eigenvalue weighted by molar-refractivity contribution is 7.52. The highest BCUT2D eigenvalue weighted by Crippen LogP contribution is 2.45. The van der Waals surface area contributed by atoms with Gasteiger partial charge in [0.05, 0.1) is 37.4 Å². The summed E-state index contributed by atoms with van der Waals surface area (Å²) in [4.78, 5) is 37.7. The predicted octanol–water partition coefficient (Wildman–Crippen LogP) is -0.288. The molecule has 5 atom stereocenters. The number of carbonyl (C=O) groups is 2. The molecular formula is C15H26FN4O7P. The number of aliphatic imine (C=N–C) groups is 1. The first kappa shape index (κ1) is 22.7. The number of nitrogens with two attached hydrogens (primary N) is 1. The SMILES string of the molecule is CN=C(N)CCCCOP(=O)(O)CC1OC(N2CC(F)C(=O)NC2=O)CC1O. The molecule has 0 saturated carbocycles. The Morgan fingerprint density at radius 2 is 2.21 bits per heavy atom. The van der Waals surface area contributed by atoms with Crippen molar-refractivity contribution in [2.75, 3.05) is 26.4 Å². The third kappa shape index (κ3) is 6.21. The van der Waals surface area contributed by atoms with E-state index in [1.54, 1.807) is 7.05 Å². The topological polar surface area (TPSA) is 164 Å². The number of alkyl halides is 1. The van der Waals surface area contributed by atoms with E-state index in [1.165, 1.54) is 0 Å². The van der Waals surface area contributed by atoms with Crippen molar-refractivity contribution < 1.29 is 37.8 Å². The number of aliphatic hydroxyl groups is 1. The molecule has 2 aliphatic heterocycles. The van der Waals surface area contributed by atoms with Crippen LogP contribution in [0.1, 0.15) is 25.7 Å². The molecule has 11 nitrogen and oxygen atoms in total. The maximum atomic E-state index is 13.6. The van der Waals surface area contributed by atoms with Gasteiger partial charge in [-0.3, -0.25) is 24.6 Å². The van der Waals surface area contributed by atoms with Gasteiger partial charge in [-0.05, 0) is 12.8 Å². The summed E-state index contributed by atoms with van der Waals surface area (Å²) in [6.07, 6.45) is -3.98. The number of ether oxygens (including phenoxy) is 1. The Labute approximate surface area is 161 Å². The van der Waals surface area contributed by atoms with E-state index in [9.17, 15) is 28.5 Å². The smallest absolute Gasteiger partial charge is 0.330 e. The molecule has 0 spiro atoms. The summed E-state index contributed by atoms with van der Waals surface area (Å²) in [5, 5.41) is 11.9. The number of aliphatic hydroxyl groups excluding tert-OH is 1. The van der Waals surface area contributed by atoms with Crippen molar-refractivity contribution in [2.24, 2.45) is 10.7 Å². The minimum absolute atomic E-state index is 0.0250. The van der Waals surface area contributed by atoms with Gasteiger partial charge in [-0.15, -0.1) is 0 Å². The van der Waals surface area contributed by atoms with Crippen LogP contribution in [-0.4, -0.2) is 83.6 Å². The van der Waals surface area contributed by atoms with Gasteiger partial charge in [0.15, 0.2) is 6.17 Å². The molecule has 0 aliphatic carbocycles. The molecule has 2 saturated heterocycles. The third-order valence-corrected chi connectivity index (χ3v) is 5.91. The van der Waals surface area contributed by atoms with Crippen LogP contribution in [0.2, 0.25) is 0 Å². The van der Waals surface area contributed by atoms with Gasteiger partial charge in [0.25, 0.3) is 5.91 Å². The van der Waals surface area contributed by atoms with Crippen LogP contribution in [0.3, 0.4) is 0 Å². The standard InChI is InChI=1S/C15H26FN4O7P/c1-18-12(17)4-2-3-5-26-28(24,25)8-11-10(21)6-13(27-11)20-7-9(16)14(22)19-15(20)23/h9-11,13,21H,2-8H2,1H3,(H2,17,18)(H,24,25)(H,19,22,23). The number of nitrogens with zero attached hydrogens (tertiary/aromatic N) is 2. The molecule has 5 unspecified atom stereocenters. The lowest BCUT2D eigenvalue weighted by Crippen LogP contribution is -2.58. The van der Waals surface area contributed by atoms with Gasteiger partial charge in [-0.1, -0.05) is 0 Å². The molecule has 5 N–H and O–H groups in total. The fraction of sp³-hybridized carbons (Fsp3) is 0.800. The van der Waals surface area contributed by atoms with E-state index < -0.39 is 56.8 Å². The van der Waals surface area contributed by atoms with E-state index in [1.807, 2.05) is 5.32 Å². The molecule has 0 bridgehead atoms. The normalized spacial score (nSPS) is 31.0. The number of nitrogens with one attached hydrogen (secondary N) is 1. The highest BCUT2D eigenvalue weighted by Gasteiger charge is 2.45. The number of unbranched alkanes of at least 4 members (excludes halogenated alkanes) is 1. The first-order chi connectivity index (χ1) is 13.1. The summed E-state index contributed by atoms with van der Waals surface area (Å²) in [6.45, 7) is -0.483. The van der Waals surface area contributed by atoms with Crippen LogP contribution in [-0.2, 0) is 18.6 Å². The Morgan fingerprint density at radius 3 is 2.89 bits per heavy atom. The highest BCUT2D eigenvalue weighted by atomic mass is 31.2. The van der Waals surface area contributed by atoms with Crippen LogP contribution in [0.15, 0.2) is 4.99 Å². The Balaban J connectivity index is 1.81. The van der Waals surface area contributed by atoms with Crippen LogP contribution in [0.5, 0.6) is 0 Å². The van der Waals surface area contributed by atoms with Crippen molar-refractivity contribution in [1.29, 1.82) is 0 Å². The van der Waals surface area contributed by atoms with Gasteiger partial charge in [-0.25, -0.2) is 9.18 Å². The number of amidine groups is 1. The fourth-order valence-corrected chi connectivity index (χ4v) is 4.23.